The minimum atomic E-state index is 0.202. The van der Waals surface area contributed by atoms with Gasteiger partial charge in [-0.3, -0.25) is 0 Å². The van der Waals surface area contributed by atoms with Crippen LogP contribution in [0.1, 0.15) is 32.3 Å². The molecule has 1 N–H and O–H groups in total. The molecule has 0 aliphatic carbocycles. The number of methoxy groups -OCH3 is 1. The van der Waals surface area contributed by atoms with E-state index in [1.165, 1.54) is 5.56 Å². The fourth-order valence-corrected chi connectivity index (χ4v) is 2.29. The second-order valence-corrected chi connectivity index (χ2v) is 4.52. The molecule has 2 heteroatoms. The van der Waals surface area contributed by atoms with Crippen molar-refractivity contribution in [1.82, 2.24) is 5.32 Å². The van der Waals surface area contributed by atoms with Crippen LogP contribution in [-0.2, 0) is 10.2 Å². The summed E-state index contributed by atoms with van der Waals surface area (Å²) in [6, 6.07) is 10.8. The molecule has 1 rings (SSSR count). The van der Waals surface area contributed by atoms with Gasteiger partial charge in [-0.05, 0) is 24.9 Å². The number of benzene rings is 1. The number of nitrogens with one attached hydrogen (secondary N) is 1. The van der Waals surface area contributed by atoms with E-state index in [-0.39, 0.29) is 5.41 Å². The summed E-state index contributed by atoms with van der Waals surface area (Å²) in [5, 5.41) is 3.49. The summed E-state index contributed by atoms with van der Waals surface area (Å²) in [5.74, 6) is 0. The molecule has 96 valence electrons. The molecule has 1 aromatic carbocycles. The first kappa shape index (κ1) is 14.2. The molecule has 0 aliphatic heterocycles. The molecule has 2 nitrogen and oxygen atoms in total. The van der Waals surface area contributed by atoms with E-state index in [1.54, 1.807) is 7.11 Å². The summed E-state index contributed by atoms with van der Waals surface area (Å²) in [6.07, 6.45) is 2.20. The van der Waals surface area contributed by atoms with Crippen LogP contribution in [0.2, 0.25) is 0 Å². The quantitative estimate of drug-likeness (QED) is 0.748. The third-order valence-electron chi connectivity index (χ3n) is 3.56. The molecule has 0 saturated carbocycles. The Labute approximate surface area is 105 Å². The molecule has 0 saturated heterocycles. The smallest absolute Gasteiger partial charge is 0.0471 e. The predicted molar refractivity (Wildman–Crippen MR) is 73.4 cm³/mol. The summed E-state index contributed by atoms with van der Waals surface area (Å²) < 4.78 is 5.27. The maximum atomic E-state index is 5.27. The number of rotatable bonds is 8. The van der Waals surface area contributed by atoms with E-state index in [0.29, 0.717) is 0 Å². The van der Waals surface area contributed by atoms with Crippen LogP contribution in [-0.4, -0.2) is 26.8 Å². The monoisotopic (exact) mass is 235 g/mol. The van der Waals surface area contributed by atoms with Gasteiger partial charge in [0.15, 0.2) is 0 Å². The summed E-state index contributed by atoms with van der Waals surface area (Å²) in [6.45, 7) is 7.27. The molecular formula is C15H25NO. The largest absolute Gasteiger partial charge is 0.385 e. The minimum Gasteiger partial charge on any atom is -0.385 e. The van der Waals surface area contributed by atoms with Crippen LogP contribution >= 0.6 is 0 Å². The molecule has 0 heterocycles. The fraction of sp³-hybridized carbons (Fsp3) is 0.600. The average Bonchev–Trinajstić information content (AvgIpc) is 2.41. The van der Waals surface area contributed by atoms with Gasteiger partial charge < -0.3 is 10.1 Å². The molecule has 1 atom stereocenters. The summed E-state index contributed by atoms with van der Waals surface area (Å²) in [4.78, 5) is 0. The lowest BCUT2D eigenvalue weighted by molar-refractivity contribution is 0.163. The topological polar surface area (TPSA) is 21.3 Å². The Morgan fingerprint density at radius 2 is 1.88 bits per heavy atom. The first-order valence-electron chi connectivity index (χ1n) is 6.54. The van der Waals surface area contributed by atoms with Crippen LogP contribution < -0.4 is 5.32 Å². The lowest BCUT2D eigenvalue weighted by Gasteiger charge is -2.33. The van der Waals surface area contributed by atoms with Crippen molar-refractivity contribution < 1.29 is 4.74 Å². The van der Waals surface area contributed by atoms with Crippen molar-refractivity contribution >= 4 is 0 Å². The molecule has 0 aliphatic rings. The summed E-state index contributed by atoms with van der Waals surface area (Å²) in [7, 11) is 1.78. The maximum absolute atomic E-state index is 5.27. The second kappa shape index (κ2) is 7.46. The van der Waals surface area contributed by atoms with Crippen LogP contribution in [0.4, 0.5) is 0 Å². The van der Waals surface area contributed by atoms with E-state index in [9.17, 15) is 0 Å². The molecule has 0 spiro atoms. The van der Waals surface area contributed by atoms with Crippen LogP contribution in [0.5, 0.6) is 0 Å². The molecule has 0 radical (unpaired) electrons. The number of hydrogen-bond acceptors (Lipinski definition) is 2. The number of ether oxygens (including phenoxy) is 1. The zero-order valence-corrected chi connectivity index (χ0v) is 11.3. The van der Waals surface area contributed by atoms with Crippen molar-refractivity contribution in [1.29, 1.82) is 0 Å². The Balaban J connectivity index is 2.89. The summed E-state index contributed by atoms with van der Waals surface area (Å²) >= 11 is 0. The zero-order valence-electron chi connectivity index (χ0n) is 11.3. The van der Waals surface area contributed by atoms with Gasteiger partial charge in [-0.2, -0.15) is 0 Å². The highest BCUT2D eigenvalue weighted by molar-refractivity contribution is 5.26. The third-order valence-corrected chi connectivity index (χ3v) is 3.56. The lowest BCUT2D eigenvalue weighted by atomic mass is 9.75. The van der Waals surface area contributed by atoms with Gasteiger partial charge >= 0.3 is 0 Å². The molecule has 1 aromatic rings. The Kier molecular flexibility index (Phi) is 6.23. The van der Waals surface area contributed by atoms with E-state index in [4.69, 9.17) is 4.74 Å². The molecule has 0 bridgehead atoms. The van der Waals surface area contributed by atoms with Gasteiger partial charge in [0.2, 0.25) is 0 Å². The predicted octanol–water partition coefficient (Wildman–Crippen LogP) is 2.98. The normalized spacial score (nSPS) is 14.5. The highest BCUT2D eigenvalue weighted by Gasteiger charge is 2.29. The van der Waals surface area contributed by atoms with Gasteiger partial charge in [0.25, 0.3) is 0 Å². The van der Waals surface area contributed by atoms with Crippen molar-refractivity contribution in [3.05, 3.63) is 35.9 Å². The maximum Gasteiger partial charge on any atom is 0.0471 e. The van der Waals surface area contributed by atoms with Gasteiger partial charge in [0.1, 0.15) is 0 Å². The Bertz CT molecular complexity index is 289. The Morgan fingerprint density at radius 3 is 2.41 bits per heavy atom. The van der Waals surface area contributed by atoms with E-state index < -0.39 is 0 Å². The van der Waals surface area contributed by atoms with E-state index >= 15 is 0 Å². The fourth-order valence-electron chi connectivity index (χ4n) is 2.29. The Hall–Kier alpha value is -0.860. The van der Waals surface area contributed by atoms with Crippen LogP contribution in [0, 0.1) is 0 Å². The standard InChI is InChI=1S/C15H25NO/c1-4-15(11-12-17-3,13-16-5-2)14-9-7-6-8-10-14/h6-10,16H,4-5,11-13H2,1-3H3. The van der Waals surface area contributed by atoms with Crippen LogP contribution in [0.3, 0.4) is 0 Å². The van der Waals surface area contributed by atoms with Crippen molar-refractivity contribution in [2.24, 2.45) is 0 Å². The van der Waals surface area contributed by atoms with Gasteiger partial charge in [-0.15, -0.1) is 0 Å². The minimum absolute atomic E-state index is 0.202. The van der Waals surface area contributed by atoms with Gasteiger partial charge in [-0.25, -0.2) is 0 Å². The lowest BCUT2D eigenvalue weighted by Crippen LogP contribution is -2.38. The van der Waals surface area contributed by atoms with Crippen LogP contribution in [0.15, 0.2) is 30.3 Å². The van der Waals surface area contributed by atoms with E-state index in [2.05, 4.69) is 49.5 Å². The number of hydrogen-bond donors (Lipinski definition) is 1. The van der Waals surface area contributed by atoms with Crippen molar-refractivity contribution in [2.75, 3.05) is 26.8 Å². The molecular weight excluding hydrogens is 210 g/mol. The molecule has 0 amide bonds. The SMILES string of the molecule is CCNCC(CC)(CCOC)c1ccccc1. The highest BCUT2D eigenvalue weighted by atomic mass is 16.5. The van der Waals surface area contributed by atoms with Gasteiger partial charge in [-0.1, -0.05) is 44.2 Å². The van der Waals surface area contributed by atoms with Crippen molar-refractivity contribution in [2.45, 2.75) is 32.1 Å². The van der Waals surface area contributed by atoms with Crippen LogP contribution in [0.25, 0.3) is 0 Å². The zero-order chi connectivity index (χ0) is 12.6. The molecule has 0 fully saturated rings. The molecule has 1 unspecified atom stereocenters. The first-order valence-corrected chi connectivity index (χ1v) is 6.54. The summed E-state index contributed by atoms with van der Waals surface area (Å²) in [5.41, 5.74) is 1.62. The van der Waals surface area contributed by atoms with Gasteiger partial charge in [0.05, 0.1) is 0 Å². The molecule has 17 heavy (non-hydrogen) atoms. The van der Waals surface area contributed by atoms with E-state index in [1.807, 2.05) is 0 Å². The second-order valence-electron chi connectivity index (χ2n) is 4.52. The Morgan fingerprint density at radius 1 is 1.18 bits per heavy atom. The van der Waals surface area contributed by atoms with Gasteiger partial charge in [0, 0.05) is 25.7 Å². The van der Waals surface area contributed by atoms with Crippen molar-refractivity contribution in [3.8, 4) is 0 Å². The number of likely N-dealkylation sites (N-methyl/N-ethyl adjacent to an activating group) is 1. The molecule has 0 aromatic heterocycles. The highest BCUT2D eigenvalue weighted by Crippen LogP contribution is 2.31. The third kappa shape index (κ3) is 3.83. The van der Waals surface area contributed by atoms with E-state index in [0.717, 1.165) is 32.5 Å². The van der Waals surface area contributed by atoms with Crippen molar-refractivity contribution in [3.63, 3.8) is 0 Å². The first-order chi connectivity index (χ1) is 8.29. The average molecular weight is 235 g/mol.